The summed E-state index contributed by atoms with van der Waals surface area (Å²) in [6.07, 6.45) is -0.0399. The van der Waals surface area contributed by atoms with Crippen LogP contribution in [-0.2, 0) is 27.8 Å². The monoisotopic (exact) mass is 433 g/mol. The minimum absolute atomic E-state index is 0.00780. The first-order valence-electron chi connectivity index (χ1n) is 9.87. The minimum Gasteiger partial charge on any atom is -0.330 e. The molecule has 162 valence electrons. The molecule has 2 aliphatic rings. The van der Waals surface area contributed by atoms with E-state index in [1.165, 1.54) is 25.0 Å². The minimum atomic E-state index is -4.93. The van der Waals surface area contributed by atoms with Gasteiger partial charge in [0, 0.05) is 26.2 Å². The number of carbonyl (C=O) groups is 1. The number of fused-ring (bicyclic) bond motifs is 1. The van der Waals surface area contributed by atoms with E-state index in [0.717, 1.165) is 31.5 Å². The van der Waals surface area contributed by atoms with E-state index in [9.17, 15) is 26.4 Å². The molecule has 1 saturated heterocycles. The van der Waals surface area contributed by atoms with Crippen molar-refractivity contribution in [3.8, 4) is 0 Å². The molecule has 0 unspecified atom stereocenters. The Kier molecular flexibility index (Phi) is 6.85. The highest BCUT2D eigenvalue weighted by molar-refractivity contribution is 7.89. The lowest BCUT2D eigenvalue weighted by molar-refractivity contribution is -0.186. The van der Waals surface area contributed by atoms with Gasteiger partial charge < -0.3 is 9.80 Å². The summed E-state index contributed by atoms with van der Waals surface area (Å²) in [4.78, 5) is 14.5. The van der Waals surface area contributed by atoms with Crippen LogP contribution in [0.15, 0.2) is 23.1 Å². The van der Waals surface area contributed by atoms with E-state index in [1.54, 1.807) is 6.07 Å². The summed E-state index contributed by atoms with van der Waals surface area (Å²) < 4.78 is 65.9. The predicted octanol–water partition coefficient (Wildman–Crippen LogP) is 2.29. The Bertz CT molecular complexity index is 835. The number of nitrogens with one attached hydrogen (secondary N) is 1. The van der Waals surface area contributed by atoms with E-state index in [4.69, 9.17) is 0 Å². The van der Waals surface area contributed by atoms with E-state index in [2.05, 4.69) is 9.62 Å². The normalized spacial score (nSPS) is 18.9. The van der Waals surface area contributed by atoms with Crippen LogP contribution in [0.2, 0.25) is 0 Å². The first-order chi connectivity index (χ1) is 13.7. The van der Waals surface area contributed by atoms with Gasteiger partial charge in [-0.3, -0.25) is 4.79 Å². The Morgan fingerprint density at radius 2 is 1.72 bits per heavy atom. The fourth-order valence-electron chi connectivity index (χ4n) is 3.83. The van der Waals surface area contributed by atoms with Crippen LogP contribution in [-0.4, -0.2) is 63.0 Å². The van der Waals surface area contributed by atoms with Crippen molar-refractivity contribution in [1.29, 1.82) is 0 Å². The van der Waals surface area contributed by atoms with E-state index >= 15 is 0 Å². The van der Waals surface area contributed by atoms with Gasteiger partial charge in [-0.05, 0) is 55.6 Å². The molecule has 1 aromatic carbocycles. The highest BCUT2D eigenvalue weighted by Crippen LogP contribution is 2.26. The molecule has 1 N–H and O–H groups in total. The van der Waals surface area contributed by atoms with Crippen molar-refractivity contribution in [1.82, 2.24) is 14.5 Å². The molecular weight excluding hydrogens is 407 g/mol. The Labute approximate surface area is 169 Å². The van der Waals surface area contributed by atoms with E-state index in [1.807, 2.05) is 0 Å². The fraction of sp³-hybridized carbons (Fsp3) is 0.632. The quantitative estimate of drug-likeness (QED) is 0.774. The third-order valence-corrected chi connectivity index (χ3v) is 6.91. The van der Waals surface area contributed by atoms with Crippen molar-refractivity contribution >= 4 is 15.9 Å². The number of halogens is 3. The molecule has 3 rings (SSSR count). The number of sulfonamides is 1. The van der Waals surface area contributed by atoms with Crippen molar-refractivity contribution in [2.75, 3.05) is 32.7 Å². The van der Waals surface area contributed by atoms with Gasteiger partial charge in [0.15, 0.2) is 0 Å². The first-order valence-corrected chi connectivity index (χ1v) is 11.3. The number of hydrogen-bond donors (Lipinski definition) is 1. The molecule has 29 heavy (non-hydrogen) atoms. The van der Waals surface area contributed by atoms with Crippen molar-refractivity contribution in [2.24, 2.45) is 0 Å². The van der Waals surface area contributed by atoms with Gasteiger partial charge in [0.1, 0.15) is 0 Å². The maximum absolute atomic E-state index is 12.7. The maximum atomic E-state index is 12.7. The summed E-state index contributed by atoms with van der Waals surface area (Å²) in [5.41, 5.74) is 1.20. The van der Waals surface area contributed by atoms with Gasteiger partial charge in [0.25, 0.3) is 0 Å². The van der Waals surface area contributed by atoms with Gasteiger partial charge in [0.05, 0.1) is 4.90 Å². The summed E-state index contributed by atoms with van der Waals surface area (Å²) in [5.74, 6) is -1.90. The standard InChI is InChI=1S/C19H26F3N3O3S/c20-19(21,22)18(26)25-11-7-15-5-6-17(13-16(15)14-25)29(27,28)23-8-12-24-9-3-1-2-4-10-24/h5-6,13,23H,1-4,7-12,14H2. The van der Waals surface area contributed by atoms with Gasteiger partial charge >= 0.3 is 12.1 Å². The summed E-state index contributed by atoms with van der Waals surface area (Å²) in [6, 6.07) is 4.46. The summed E-state index contributed by atoms with van der Waals surface area (Å²) in [6.45, 7) is 2.54. The Hall–Kier alpha value is -1.65. The van der Waals surface area contributed by atoms with Crippen LogP contribution in [0.4, 0.5) is 13.2 Å². The summed E-state index contributed by atoms with van der Waals surface area (Å²) in [7, 11) is -3.77. The molecule has 0 aromatic heterocycles. The largest absolute Gasteiger partial charge is 0.471 e. The molecule has 1 fully saturated rings. The average Bonchev–Trinajstić information content (AvgIpc) is 2.94. The zero-order valence-corrected chi connectivity index (χ0v) is 17.0. The molecule has 0 atom stereocenters. The van der Waals surface area contributed by atoms with Gasteiger partial charge in [-0.15, -0.1) is 0 Å². The van der Waals surface area contributed by atoms with Crippen LogP contribution in [0.5, 0.6) is 0 Å². The van der Waals surface area contributed by atoms with Crippen molar-refractivity contribution in [2.45, 2.75) is 49.7 Å². The number of benzene rings is 1. The van der Waals surface area contributed by atoms with Crippen LogP contribution in [0, 0.1) is 0 Å². The molecule has 0 spiro atoms. The number of carbonyl (C=O) groups excluding carboxylic acids is 1. The second kappa shape index (κ2) is 9.01. The third-order valence-electron chi connectivity index (χ3n) is 5.45. The van der Waals surface area contributed by atoms with Gasteiger partial charge in [-0.2, -0.15) is 13.2 Å². The Balaban J connectivity index is 1.64. The third kappa shape index (κ3) is 5.70. The maximum Gasteiger partial charge on any atom is 0.471 e. The van der Waals surface area contributed by atoms with Gasteiger partial charge in [-0.25, -0.2) is 13.1 Å². The first kappa shape index (κ1) is 22.0. The molecule has 0 aliphatic carbocycles. The number of rotatable bonds is 5. The number of nitrogens with zero attached hydrogens (tertiary/aromatic N) is 2. The second-order valence-electron chi connectivity index (χ2n) is 7.56. The molecule has 2 heterocycles. The van der Waals surface area contributed by atoms with Crippen molar-refractivity contribution in [3.05, 3.63) is 29.3 Å². The number of amides is 1. The molecule has 0 bridgehead atoms. The van der Waals surface area contributed by atoms with E-state index < -0.39 is 22.1 Å². The SMILES string of the molecule is O=C(N1CCc2ccc(S(=O)(=O)NCCN3CCCCCC3)cc2C1)C(F)(F)F. The smallest absolute Gasteiger partial charge is 0.330 e. The molecule has 0 radical (unpaired) electrons. The zero-order valence-electron chi connectivity index (χ0n) is 16.2. The molecule has 0 saturated carbocycles. The number of hydrogen-bond acceptors (Lipinski definition) is 4. The van der Waals surface area contributed by atoms with Gasteiger partial charge in [0.2, 0.25) is 10.0 Å². The number of likely N-dealkylation sites (tertiary alicyclic amines) is 1. The van der Waals surface area contributed by atoms with E-state index in [0.29, 0.717) is 17.0 Å². The van der Waals surface area contributed by atoms with Crippen LogP contribution < -0.4 is 4.72 Å². The number of alkyl halides is 3. The molecule has 6 nitrogen and oxygen atoms in total. The lowest BCUT2D eigenvalue weighted by Crippen LogP contribution is -2.43. The molecular formula is C19H26F3N3O3S. The van der Waals surface area contributed by atoms with Crippen LogP contribution >= 0.6 is 0 Å². The lowest BCUT2D eigenvalue weighted by Gasteiger charge is -2.29. The zero-order chi connectivity index (χ0) is 21.1. The van der Waals surface area contributed by atoms with Gasteiger partial charge in [-0.1, -0.05) is 18.9 Å². The predicted molar refractivity (Wildman–Crippen MR) is 102 cm³/mol. The molecule has 2 aliphatic heterocycles. The molecule has 1 aromatic rings. The fourth-order valence-corrected chi connectivity index (χ4v) is 4.91. The van der Waals surface area contributed by atoms with Crippen LogP contribution in [0.25, 0.3) is 0 Å². The average molecular weight is 433 g/mol. The van der Waals surface area contributed by atoms with Crippen molar-refractivity contribution in [3.63, 3.8) is 0 Å². The Morgan fingerprint density at radius 1 is 1.03 bits per heavy atom. The summed E-state index contributed by atoms with van der Waals surface area (Å²) in [5, 5.41) is 0. The lowest BCUT2D eigenvalue weighted by atomic mass is 10.00. The summed E-state index contributed by atoms with van der Waals surface area (Å²) >= 11 is 0. The topological polar surface area (TPSA) is 69.7 Å². The highest BCUT2D eigenvalue weighted by atomic mass is 32.2. The van der Waals surface area contributed by atoms with Crippen LogP contribution in [0.3, 0.4) is 0 Å². The van der Waals surface area contributed by atoms with E-state index in [-0.39, 0.29) is 31.0 Å². The highest BCUT2D eigenvalue weighted by Gasteiger charge is 2.43. The Morgan fingerprint density at radius 3 is 2.38 bits per heavy atom. The molecule has 10 heteroatoms. The molecule has 1 amide bonds. The second-order valence-corrected chi connectivity index (χ2v) is 9.33. The van der Waals surface area contributed by atoms with Crippen molar-refractivity contribution < 1.29 is 26.4 Å². The van der Waals surface area contributed by atoms with Crippen LogP contribution in [0.1, 0.15) is 36.8 Å².